The summed E-state index contributed by atoms with van der Waals surface area (Å²) in [5.41, 5.74) is 0.910. The number of benzene rings is 2. The van der Waals surface area contributed by atoms with Crippen LogP contribution in [0, 0.1) is 0 Å². The standard InChI is InChI=1S/C16H15ClF3NO/c1-22-13-6-7-14(17)15(10-13)21-9-8-11-2-4-12(5-3-11)16(18,19)20/h2-7,10,21H,8-9H2,1H3. The fourth-order valence-electron chi connectivity index (χ4n) is 1.97. The zero-order valence-electron chi connectivity index (χ0n) is 11.9. The Hall–Kier alpha value is -1.88. The maximum atomic E-state index is 12.5. The van der Waals surface area contributed by atoms with Gasteiger partial charge in [-0.25, -0.2) is 0 Å². The fourth-order valence-corrected chi connectivity index (χ4v) is 2.15. The fraction of sp³-hybridized carbons (Fsp3) is 0.250. The lowest BCUT2D eigenvalue weighted by molar-refractivity contribution is -0.137. The summed E-state index contributed by atoms with van der Waals surface area (Å²) < 4.78 is 42.5. The molecule has 0 spiro atoms. The average molecular weight is 330 g/mol. The van der Waals surface area contributed by atoms with Gasteiger partial charge in [0.15, 0.2) is 0 Å². The highest BCUT2D eigenvalue weighted by atomic mass is 35.5. The summed E-state index contributed by atoms with van der Waals surface area (Å²) in [7, 11) is 1.56. The molecule has 118 valence electrons. The molecule has 6 heteroatoms. The zero-order chi connectivity index (χ0) is 16.2. The molecule has 0 fully saturated rings. The molecule has 0 unspecified atom stereocenters. The molecule has 2 aromatic rings. The van der Waals surface area contributed by atoms with Crippen LogP contribution in [0.15, 0.2) is 42.5 Å². The van der Waals surface area contributed by atoms with Gasteiger partial charge in [0.1, 0.15) is 5.75 Å². The Kier molecular flexibility index (Phi) is 5.19. The number of ether oxygens (including phenoxy) is 1. The summed E-state index contributed by atoms with van der Waals surface area (Å²) in [5.74, 6) is 0.682. The summed E-state index contributed by atoms with van der Waals surface area (Å²) >= 11 is 6.06. The van der Waals surface area contributed by atoms with Gasteiger partial charge in [0.2, 0.25) is 0 Å². The first-order chi connectivity index (χ1) is 10.4. The van der Waals surface area contributed by atoms with E-state index in [2.05, 4.69) is 5.32 Å². The molecule has 0 aliphatic rings. The number of anilines is 1. The number of methoxy groups -OCH3 is 1. The van der Waals surface area contributed by atoms with E-state index < -0.39 is 11.7 Å². The molecule has 2 nitrogen and oxygen atoms in total. The second-order valence-corrected chi connectivity index (χ2v) is 5.12. The van der Waals surface area contributed by atoms with Crippen LogP contribution in [0.1, 0.15) is 11.1 Å². The van der Waals surface area contributed by atoms with Gasteiger partial charge in [-0.1, -0.05) is 23.7 Å². The van der Waals surface area contributed by atoms with Crippen molar-refractivity contribution in [2.24, 2.45) is 0 Å². The molecule has 0 saturated carbocycles. The van der Waals surface area contributed by atoms with Crippen molar-refractivity contribution < 1.29 is 17.9 Å². The first-order valence-electron chi connectivity index (χ1n) is 6.63. The number of halogens is 4. The molecule has 0 radical (unpaired) electrons. The molecular formula is C16H15ClF3NO. The minimum Gasteiger partial charge on any atom is -0.497 e. The summed E-state index contributed by atoms with van der Waals surface area (Å²) in [6.07, 6.45) is -3.71. The minimum atomic E-state index is -4.30. The molecule has 1 N–H and O–H groups in total. The second kappa shape index (κ2) is 6.92. The van der Waals surface area contributed by atoms with E-state index in [4.69, 9.17) is 16.3 Å². The first kappa shape index (κ1) is 16.5. The van der Waals surface area contributed by atoms with E-state index in [9.17, 15) is 13.2 Å². The Morgan fingerprint density at radius 1 is 1.09 bits per heavy atom. The van der Waals surface area contributed by atoms with E-state index >= 15 is 0 Å². The Morgan fingerprint density at radius 2 is 1.77 bits per heavy atom. The highest BCUT2D eigenvalue weighted by molar-refractivity contribution is 6.33. The second-order valence-electron chi connectivity index (χ2n) is 4.72. The lowest BCUT2D eigenvalue weighted by atomic mass is 10.1. The molecule has 0 heterocycles. The maximum Gasteiger partial charge on any atom is 0.416 e. The van der Waals surface area contributed by atoms with Crippen LogP contribution in [-0.2, 0) is 12.6 Å². The molecule has 0 atom stereocenters. The van der Waals surface area contributed by atoms with Crippen LogP contribution < -0.4 is 10.1 Å². The molecule has 0 saturated heterocycles. The van der Waals surface area contributed by atoms with E-state index in [-0.39, 0.29) is 0 Å². The highest BCUT2D eigenvalue weighted by Gasteiger charge is 2.29. The monoisotopic (exact) mass is 329 g/mol. The molecular weight excluding hydrogens is 315 g/mol. The number of nitrogens with one attached hydrogen (secondary N) is 1. The lowest BCUT2D eigenvalue weighted by Gasteiger charge is -2.11. The van der Waals surface area contributed by atoms with Crippen LogP contribution >= 0.6 is 11.6 Å². The minimum absolute atomic E-state index is 0.554. The van der Waals surface area contributed by atoms with Gasteiger partial charge in [-0.2, -0.15) is 13.2 Å². The van der Waals surface area contributed by atoms with Gasteiger partial charge in [-0.15, -0.1) is 0 Å². The lowest BCUT2D eigenvalue weighted by Crippen LogP contribution is -2.07. The Bertz CT molecular complexity index is 626. The van der Waals surface area contributed by atoms with Gasteiger partial charge in [-0.05, 0) is 36.2 Å². The van der Waals surface area contributed by atoms with Gasteiger partial charge in [0.25, 0.3) is 0 Å². The molecule has 0 aromatic heterocycles. The van der Waals surface area contributed by atoms with E-state index in [0.29, 0.717) is 23.7 Å². The predicted octanol–water partition coefficient (Wildman–Crippen LogP) is 5.02. The Balaban J connectivity index is 1.94. The van der Waals surface area contributed by atoms with Gasteiger partial charge in [0.05, 0.1) is 23.4 Å². The first-order valence-corrected chi connectivity index (χ1v) is 7.01. The van der Waals surface area contributed by atoms with Crippen LogP contribution in [-0.4, -0.2) is 13.7 Å². The topological polar surface area (TPSA) is 21.3 Å². The third-order valence-corrected chi connectivity index (χ3v) is 3.51. The Morgan fingerprint density at radius 3 is 2.36 bits per heavy atom. The summed E-state index contributed by atoms with van der Waals surface area (Å²) in [4.78, 5) is 0. The van der Waals surface area contributed by atoms with Crippen molar-refractivity contribution in [1.82, 2.24) is 0 Å². The van der Waals surface area contributed by atoms with Crippen LogP contribution in [0.25, 0.3) is 0 Å². The van der Waals surface area contributed by atoms with E-state index in [1.165, 1.54) is 12.1 Å². The van der Waals surface area contributed by atoms with Crippen molar-refractivity contribution in [1.29, 1.82) is 0 Å². The van der Waals surface area contributed by atoms with Crippen molar-refractivity contribution in [3.8, 4) is 5.75 Å². The SMILES string of the molecule is COc1ccc(Cl)c(NCCc2ccc(C(F)(F)F)cc2)c1. The normalized spacial score (nSPS) is 11.3. The quantitative estimate of drug-likeness (QED) is 0.831. The molecule has 0 bridgehead atoms. The molecule has 0 aliphatic carbocycles. The summed E-state index contributed by atoms with van der Waals surface area (Å²) in [6.45, 7) is 0.554. The van der Waals surface area contributed by atoms with Gasteiger partial charge >= 0.3 is 6.18 Å². The van der Waals surface area contributed by atoms with Crippen molar-refractivity contribution in [3.05, 3.63) is 58.6 Å². The zero-order valence-corrected chi connectivity index (χ0v) is 12.6. The Labute approximate surface area is 131 Å². The van der Waals surface area contributed by atoms with Crippen LogP contribution in [0.5, 0.6) is 5.75 Å². The third-order valence-electron chi connectivity index (χ3n) is 3.18. The third kappa shape index (κ3) is 4.31. The van der Waals surface area contributed by atoms with Crippen LogP contribution in [0.3, 0.4) is 0 Å². The van der Waals surface area contributed by atoms with Gasteiger partial charge < -0.3 is 10.1 Å². The van der Waals surface area contributed by atoms with Gasteiger partial charge in [0, 0.05) is 12.6 Å². The highest BCUT2D eigenvalue weighted by Crippen LogP contribution is 2.29. The predicted molar refractivity (Wildman–Crippen MR) is 81.6 cm³/mol. The van der Waals surface area contributed by atoms with Gasteiger partial charge in [-0.3, -0.25) is 0 Å². The molecule has 2 aromatic carbocycles. The number of rotatable bonds is 5. The molecule has 0 aliphatic heterocycles. The number of alkyl halides is 3. The van der Waals surface area contributed by atoms with Crippen molar-refractivity contribution in [2.75, 3.05) is 19.0 Å². The molecule has 22 heavy (non-hydrogen) atoms. The van der Waals surface area contributed by atoms with Crippen LogP contribution in [0.4, 0.5) is 18.9 Å². The summed E-state index contributed by atoms with van der Waals surface area (Å²) in [5, 5.41) is 3.71. The molecule has 0 amide bonds. The average Bonchev–Trinajstić information content (AvgIpc) is 2.49. The number of hydrogen-bond donors (Lipinski definition) is 1. The van der Waals surface area contributed by atoms with E-state index in [1.54, 1.807) is 25.3 Å². The van der Waals surface area contributed by atoms with Crippen molar-refractivity contribution in [2.45, 2.75) is 12.6 Å². The molecule has 2 rings (SSSR count). The van der Waals surface area contributed by atoms with Crippen molar-refractivity contribution >= 4 is 17.3 Å². The van der Waals surface area contributed by atoms with E-state index in [1.807, 2.05) is 0 Å². The van der Waals surface area contributed by atoms with Crippen molar-refractivity contribution in [3.63, 3.8) is 0 Å². The maximum absolute atomic E-state index is 12.5. The largest absolute Gasteiger partial charge is 0.497 e. The van der Waals surface area contributed by atoms with Crippen LogP contribution in [0.2, 0.25) is 5.02 Å². The van der Waals surface area contributed by atoms with E-state index in [0.717, 1.165) is 23.4 Å². The smallest absolute Gasteiger partial charge is 0.416 e. The summed E-state index contributed by atoms with van der Waals surface area (Å²) in [6, 6.07) is 10.4. The number of hydrogen-bond acceptors (Lipinski definition) is 2.